The van der Waals surface area contributed by atoms with Gasteiger partial charge in [-0.15, -0.1) is 0 Å². The topological polar surface area (TPSA) is 21.7 Å². The highest BCUT2D eigenvalue weighted by Gasteiger charge is 2.04. The minimum atomic E-state index is 0.180. The Bertz CT molecular complexity index is 540. The highest BCUT2D eigenvalue weighted by atomic mass is 16.5. The zero-order valence-corrected chi connectivity index (χ0v) is 13.0. The van der Waals surface area contributed by atoms with Gasteiger partial charge in [-0.25, -0.2) is 0 Å². The molecule has 0 atom stereocenters. The first kappa shape index (κ1) is 15.4. The molecule has 2 rings (SSSR count). The number of anilines is 1. The third-order valence-corrected chi connectivity index (χ3v) is 3.03. The number of rotatable bonds is 7. The minimum absolute atomic E-state index is 0.180. The molecular weight excluding hydrogens is 262 g/mol. The van der Waals surface area contributed by atoms with E-state index in [-0.39, 0.29) is 6.10 Å². The summed E-state index contributed by atoms with van der Waals surface area (Å²) in [4.78, 5) is 2.07. The number of hydrogen-bond donors (Lipinski definition) is 0. The van der Waals surface area contributed by atoms with Crippen molar-refractivity contribution in [3.05, 3.63) is 60.2 Å². The van der Waals surface area contributed by atoms with Gasteiger partial charge in [0.2, 0.25) is 0 Å². The third kappa shape index (κ3) is 5.12. The first-order chi connectivity index (χ1) is 10.1. The highest BCUT2D eigenvalue weighted by Crippen LogP contribution is 2.21. The molecule has 21 heavy (non-hydrogen) atoms. The monoisotopic (exact) mass is 285 g/mol. The summed E-state index contributed by atoms with van der Waals surface area (Å²) in [6.07, 6.45) is 0.180. The molecular formula is C18H23NO2. The quantitative estimate of drug-likeness (QED) is 0.715. The Morgan fingerprint density at radius 3 is 2.48 bits per heavy atom. The van der Waals surface area contributed by atoms with E-state index in [9.17, 15) is 0 Å². The lowest BCUT2D eigenvalue weighted by Gasteiger charge is -2.20. The molecule has 3 nitrogen and oxygen atoms in total. The maximum Gasteiger partial charge on any atom is 0.121 e. The molecule has 0 bridgehead atoms. The van der Waals surface area contributed by atoms with E-state index in [1.807, 2.05) is 57.3 Å². The van der Waals surface area contributed by atoms with E-state index >= 15 is 0 Å². The Morgan fingerprint density at radius 1 is 1.00 bits per heavy atom. The van der Waals surface area contributed by atoms with Crippen LogP contribution in [0.3, 0.4) is 0 Å². The van der Waals surface area contributed by atoms with E-state index in [0.717, 1.165) is 11.4 Å². The minimum Gasteiger partial charge on any atom is -0.491 e. The van der Waals surface area contributed by atoms with Gasteiger partial charge < -0.3 is 14.4 Å². The second-order valence-electron chi connectivity index (χ2n) is 5.33. The van der Waals surface area contributed by atoms with Crippen LogP contribution in [0, 0.1) is 0 Å². The zero-order valence-electron chi connectivity index (χ0n) is 13.0. The van der Waals surface area contributed by atoms with Gasteiger partial charge in [0, 0.05) is 18.8 Å². The van der Waals surface area contributed by atoms with E-state index in [4.69, 9.17) is 9.47 Å². The van der Waals surface area contributed by atoms with Crippen LogP contribution in [-0.2, 0) is 11.3 Å². The smallest absolute Gasteiger partial charge is 0.121 e. The van der Waals surface area contributed by atoms with Crippen LogP contribution in [0.5, 0.6) is 5.75 Å². The summed E-state index contributed by atoms with van der Waals surface area (Å²) in [6, 6.07) is 18.3. The van der Waals surface area contributed by atoms with Crippen LogP contribution < -0.4 is 9.64 Å². The molecule has 0 saturated carbocycles. The molecule has 0 saturated heterocycles. The maximum atomic E-state index is 5.74. The largest absolute Gasteiger partial charge is 0.491 e. The lowest BCUT2D eigenvalue weighted by molar-refractivity contribution is 0.124. The van der Waals surface area contributed by atoms with E-state index in [1.165, 1.54) is 5.56 Å². The standard InChI is InChI=1S/C18H23NO2/c1-15(2)21-18-11-7-10-17(12-18)19(3)14-20-13-16-8-5-4-6-9-16/h4-12,15H,13-14H2,1-3H3. The van der Waals surface area contributed by atoms with E-state index in [2.05, 4.69) is 23.1 Å². The van der Waals surface area contributed by atoms with Gasteiger partial charge in [-0.3, -0.25) is 0 Å². The molecule has 112 valence electrons. The van der Waals surface area contributed by atoms with Crippen LogP contribution >= 0.6 is 0 Å². The van der Waals surface area contributed by atoms with Crippen LogP contribution in [0.1, 0.15) is 19.4 Å². The third-order valence-electron chi connectivity index (χ3n) is 3.03. The summed E-state index contributed by atoms with van der Waals surface area (Å²) < 4.78 is 11.5. The van der Waals surface area contributed by atoms with Gasteiger partial charge in [0.25, 0.3) is 0 Å². The van der Waals surface area contributed by atoms with Gasteiger partial charge in [-0.05, 0) is 31.5 Å². The average molecular weight is 285 g/mol. The van der Waals surface area contributed by atoms with Gasteiger partial charge in [0.1, 0.15) is 12.5 Å². The van der Waals surface area contributed by atoms with E-state index in [1.54, 1.807) is 0 Å². The Morgan fingerprint density at radius 2 is 1.76 bits per heavy atom. The Kier molecular flexibility index (Phi) is 5.64. The summed E-state index contributed by atoms with van der Waals surface area (Å²) in [5, 5.41) is 0. The number of ether oxygens (including phenoxy) is 2. The molecule has 3 heteroatoms. The summed E-state index contributed by atoms with van der Waals surface area (Å²) >= 11 is 0. The molecule has 0 fully saturated rings. The predicted molar refractivity (Wildman–Crippen MR) is 86.7 cm³/mol. The fraction of sp³-hybridized carbons (Fsp3) is 0.333. The second kappa shape index (κ2) is 7.70. The normalized spacial score (nSPS) is 10.7. The van der Waals surface area contributed by atoms with E-state index < -0.39 is 0 Å². The van der Waals surface area contributed by atoms with Gasteiger partial charge in [-0.2, -0.15) is 0 Å². The number of nitrogens with zero attached hydrogens (tertiary/aromatic N) is 1. The molecule has 0 N–H and O–H groups in total. The van der Waals surface area contributed by atoms with Crippen molar-refractivity contribution >= 4 is 5.69 Å². The van der Waals surface area contributed by atoms with Crippen molar-refractivity contribution in [2.75, 3.05) is 18.7 Å². The summed E-state index contributed by atoms with van der Waals surface area (Å²) in [6.45, 7) is 5.21. The lowest BCUT2D eigenvalue weighted by atomic mass is 10.2. The van der Waals surface area contributed by atoms with Gasteiger partial charge in [0.05, 0.1) is 12.7 Å². The van der Waals surface area contributed by atoms with Crippen molar-refractivity contribution in [3.63, 3.8) is 0 Å². The number of hydrogen-bond acceptors (Lipinski definition) is 3. The summed E-state index contributed by atoms with van der Waals surface area (Å²) in [5.74, 6) is 0.886. The molecule has 0 amide bonds. The maximum absolute atomic E-state index is 5.74. The van der Waals surface area contributed by atoms with Crippen molar-refractivity contribution in [1.82, 2.24) is 0 Å². The van der Waals surface area contributed by atoms with Crippen molar-refractivity contribution in [3.8, 4) is 5.75 Å². The van der Waals surface area contributed by atoms with Gasteiger partial charge >= 0.3 is 0 Å². The van der Waals surface area contributed by atoms with Crippen molar-refractivity contribution in [1.29, 1.82) is 0 Å². The van der Waals surface area contributed by atoms with E-state index in [0.29, 0.717) is 13.3 Å². The first-order valence-electron chi connectivity index (χ1n) is 7.24. The summed E-state index contributed by atoms with van der Waals surface area (Å²) in [5.41, 5.74) is 2.27. The van der Waals surface area contributed by atoms with Crippen LogP contribution in [-0.4, -0.2) is 19.9 Å². The lowest BCUT2D eigenvalue weighted by Crippen LogP contribution is -2.20. The fourth-order valence-electron chi connectivity index (χ4n) is 2.02. The molecule has 0 spiro atoms. The molecule has 2 aromatic rings. The highest BCUT2D eigenvalue weighted by molar-refractivity contribution is 5.49. The first-order valence-corrected chi connectivity index (χ1v) is 7.24. The summed E-state index contributed by atoms with van der Waals surface area (Å²) in [7, 11) is 2.01. The van der Waals surface area contributed by atoms with Crippen molar-refractivity contribution in [2.24, 2.45) is 0 Å². The molecule has 0 aliphatic rings. The Balaban J connectivity index is 1.86. The van der Waals surface area contributed by atoms with Crippen molar-refractivity contribution in [2.45, 2.75) is 26.6 Å². The molecule has 0 aromatic heterocycles. The molecule has 0 radical (unpaired) electrons. The SMILES string of the molecule is CC(C)Oc1cccc(N(C)COCc2ccccc2)c1. The molecule has 0 aliphatic heterocycles. The predicted octanol–water partition coefficient (Wildman–Crippen LogP) is 4.08. The second-order valence-corrected chi connectivity index (χ2v) is 5.33. The molecule has 0 unspecified atom stereocenters. The molecule has 0 heterocycles. The molecule has 0 aliphatic carbocycles. The van der Waals surface area contributed by atoms with Crippen LogP contribution in [0.2, 0.25) is 0 Å². The van der Waals surface area contributed by atoms with Crippen LogP contribution in [0.15, 0.2) is 54.6 Å². The Labute approximate surface area is 127 Å². The van der Waals surface area contributed by atoms with Crippen LogP contribution in [0.4, 0.5) is 5.69 Å². The average Bonchev–Trinajstić information content (AvgIpc) is 2.48. The van der Waals surface area contributed by atoms with Crippen molar-refractivity contribution < 1.29 is 9.47 Å². The molecule has 2 aromatic carbocycles. The zero-order chi connectivity index (χ0) is 15.1. The van der Waals surface area contributed by atoms with Gasteiger partial charge in [-0.1, -0.05) is 36.4 Å². The fourth-order valence-corrected chi connectivity index (χ4v) is 2.02. The Hall–Kier alpha value is -2.00. The van der Waals surface area contributed by atoms with Gasteiger partial charge in [0.15, 0.2) is 0 Å². The van der Waals surface area contributed by atoms with Crippen LogP contribution in [0.25, 0.3) is 0 Å². The number of benzene rings is 2.